The van der Waals surface area contributed by atoms with Crippen LogP contribution in [0.2, 0.25) is 0 Å². The summed E-state index contributed by atoms with van der Waals surface area (Å²) in [6.07, 6.45) is 0. The van der Waals surface area contributed by atoms with Gasteiger partial charge in [-0.3, -0.25) is 0 Å². The van der Waals surface area contributed by atoms with E-state index in [-0.39, 0.29) is 12.4 Å². The number of rotatable bonds is 5. The van der Waals surface area contributed by atoms with Crippen LogP contribution in [0.3, 0.4) is 0 Å². The zero-order valence-electron chi connectivity index (χ0n) is 13.6. The van der Waals surface area contributed by atoms with Crippen LogP contribution >= 0.6 is 0 Å². The maximum absolute atomic E-state index is 12.1. The van der Waals surface area contributed by atoms with Gasteiger partial charge in [0.2, 0.25) is 5.76 Å². The molecule has 0 spiro atoms. The molecule has 5 heteroatoms. The third kappa shape index (κ3) is 3.95. The van der Waals surface area contributed by atoms with E-state index < -0.39 is 11.9 Å². The van der Waals surface area contributed by atoms with Gasteiger partial charge >= 0.3 is 11.9 Å². The zero-order valence-corrected chi connectivity index (χ0v) is 13.6. The lowest BCUT2D eigenvalue weighted by Gasteiger charge is -2.05. The van der Waals surface area contributed by atoms with Crippen LogP contribution in [-0.4, -0.2) is 19.0 Å². The monoisotopic (exact) mass is 336 g/mol. The van der Waals surface area contributed by atoms with Gasteiger partial charge in [-0.25, -0.2) is 9.59 Å². The van der Waals surface area contributed by atoms with Gasteiger partial charge in [0.25, 0.3) is 0 Å². The van der Waals surface area contributed by atoms with Gasteiger partial charge in [0.15, 0.2) is 0 Å². The molecule has 0 saturated carbocycles. The summed E-state index contributed by atoms with van der Waals surface area (Å²) in [5.74, 6) is -0.597. The van der Waals surface area contributed by atoms with E-state index in [0.717, 1.165) is 11.1 Å². The summed E-state index contributed by atoms with van der Waals surface area (Å²) in [5.41, 5.74) is 2.54. The van der Waals surface area contributed by atoms with Crippen molar-refractivity contribution >= 4 is 11.9 Å². The number of benzene rings is 2. The fourth-order valence-corrected chi connectivity index (χ4v) is 2.32. The molecule has 0 atom stereocenters. The molecular weight excluding hydrogens is 320 g/mol. The van der Waals surface area contributed by atoms with Crippen LogP contribution < -0.4 is 0 Å². The second kappa shape index (κ2) is 7.49. The minimum absolute atomic E-state index is 0.0593. The van der Waals surface area contributed by atoms with Crippen molar-refractivity contribution in [3.8, 4) is 11.1 Å². The lowest BCUT2D eigenvalue weighted by Crippen LogP contribution is -2.04. The first kappa shape index (κ1) is 16.5. The minimum atomic E-state index is -0.575. The predicted octanol–water partition coefficient (Wildman–Crippen LogP) is 4.09. The number of carbonyl (C=O) groups is 2. The van der Waals surface area contributed by atoms with Crippen LogP contribution in [0.25, 0.3) is 11.1 Å². The standard InChI is InChI=1S/C20H16O5/c1-23-20(22)18-12-11-17(25-18)13-24-19(21)16-9-7-15(8-10-16)14-5-3-2-4-6-14/h2-12H,13H2,1H3. The van der Waals surface area contributed by atoms with E-state index in [4.69, 9.17) is 9.15 Å². The summed E-state index contributed by atoms with van der Waals surface area (Å²) < 4.78 is 15.0. The highest BCUT2D eigenvalue weighted by Gasteiger charge is 2.13. The fourth-order valence-electron chi connectivity index (χ4n) is 2.32. The van der Waals surface area contributed by atoms with Gasteiger partial charge in [0.05, 0.1) is 12.7 Å². The molecule has 0 saturated heterocycles. The number of ether oxygens (including phenoxy) is 2. The topological polar surface area (TPSA) is 65.7 Å². The van der Waals surface area contributed by atoms with Gasteiger partial charge in [-0.2, -0.15) is 0 Å². The van der Waals surface area contributed by atoms with Crippen molar-refractivity contribution in [3.05, 3.63) is 83.8 Å². The van der Waals surface area contributed by atoms with Gasteiger partial charge in [-0.15, -0.1) is 0 Å². The first-order valence-electron chi connectivity index (χ1n) is 7.67. The molecule has 1 heterocycles. The van der Waals surface area contributed by atoms with Gasteiger partial charge < -0.3 is 13.9 Å². The van der Waals surface area contributed by atoms with Crippen LogP contribution in [0.5, 0.6) is 0 Å². The van der Waals surface area contributed by atoms with Crippen LogP contribution in [0.1, 0.15) is 26.7 Å². The Kier molecular flexibility index (Phi) is 4.95. The second-order valence-corrected chi connectivity index (χ2v) is 5.28. The number of hydrogen-bond acceptors (Lipinski definition) is 5. The van der Waals surface area contributed by atoms with E-state index >= 15 is 0 Å². The molecule has 0 radical (unpaired) electrons. The van der Waals surface area contributed by atoms with Gasteiger partial charge in [-0.1, -0.05) is 42.5 Å². The molecule has 126 valence electrons. The molecule has 2 aromatic carbocycles. The van der Waals surface area contributed by atoms with Gasteiger partial charge in [-0.05, 0) is 35.4 Å². The highest BCUT2D eigenvalue weighted by molar-refractivity contribution is 5.90. The van der Waals surface area contributed by atoms with Crippen molar-refractivity contribution in [2.24, 2.45) is 0 Å². The zero-order chi connectivity index (χ0) is 17.6. The molecular formula is C20H16O5. The molecule has 0 fully saturated rings. The Morgan fingerprint density at radius 1 is 0.840 bits per heavy atom. The molecule has 0 unspecified atom stereocenters. The Labute approximate surface area is 144 Å². The van der Waals surface area contributed by atoms with E-state index in [1.807, 2.05) is 42.5 Å². The Bertz CT molecular complexity index is 863. The van der Waals surface area contributed by atoms with Gasteiger partial charge in [0.1, 0.15) is 12.4 Å². The quantitative estimate of drug-likeness (QED) is 0.657. The minimum Gasteiger partial charge on any atom is -0.463 e. The van der Waals surface area contributed by atoms with Gasteiger partial charge in [0, 0.05) is 0 Å². The SMILES string of the molecule is COC(=O)c1ccc(COC(=O)c2ccc(-c3ccccc3)cc2)o1. The average molecular weight is 336 g/mol. The molecule has 0 N–H and O–H groups in total. The maximum atomic E-state index is 12.1. The van der Waals surface area contributed by atoms with Crippen LogP contribution in [0.15, 0.2) is 71.1 Å². The molecule has 0 aliphatic rings. The molecule has 0 aliphatic heterocycles. The largest absolute Gasteiger partial charge is 0.463 e. The molecule has 1 aromatic heterocycles. The van der Waals surface area contributed by atoms with Crippen LogP contribution in [0, 0.1) is 0 Å². The van der Waals surface area contributed by atoms with E-state index in [2.05, 4.69) is 4.74 Å². The smallest absolute Gasteiger partial charge is 0.373 e. The normalized spacial score (nSPS) is 10.3. The molecule has 5 nitrogen and oxygen atoms in total. The summed E-state index contributed by atoms with van der Waals surface area (Å²) in [6.45, 7) is -0.0593. The maximum Gasteiger partial charge on any atom is 0.373 e. The van der Waals surface area contributed by atoms with Crippen LogP contribution in [-0.2, 0) is 16.1 Å². The lowest BCUT2D eigenvalue weighted by atomic mass is 10.0. The number of esters is 2. The molecule has 0 aliphatic carbocycles. The summed E-state index contributed by atoms with van der Waals surface area (Å²) >= 11 is 0. The molecule has 25 heavy (non-hydrogen) atoms. The number of furan rings is 1. The van der Waals surface area contributed by atoms with Crippen LogP contribution in [0.4, 0.5) is 0 Å². The van der Waals surface area contributed by atoms with Crippen molar-refractivity contribution in [2.75, 3.05) is 7.11 Å². The number of carbonyl (C=O) groups excluding carboxylic acids is 2. The first-order chi connectivity index (χ1) is 12.2. The Morgan fingerprint density at radius 3 is 2.20 bits per heavy atom. The number of hydrogen-bond donors (Lipinski definition) is 0. The second-order valence-electron chi connectivity index (χ2n) is 5.28. The summed E-state index contributed by atoms with van der Waals surface area (Å²) in [7, 11) is 1.27. The molecule has 0 bridgehead atoms. The predicted molar refractivity (Wildman–Crippen MR) is 91.0 cm³/mol. The third-order valence-electron chi connectivity index (χ3n) is 3.62. The van der Waals surface area contributed by atoms with E-state index in [0.29, 0.717) is 11.3 Å². The van der Waals surface area contributed by atoms with E-state index in [1.165, 1.54) is 13.2 Å². The van der Waals surface area contributed by atoms with Crippen molar-refractivity contribution < 1.29 is 23.5 Å². The Morgan fingerprint density at radius 2 is 1.52 bits per heavy atom. The molecule has 3 aromatic rings. The lowest BCUT2D eigenvalue weighted by molar-refractivity contribution is 0.0438. The highest BCUT2D eigenvalue weighted by atomic mass is 16.5. The summed E-state index contributed by atoms with van der Waals surface area (Å²) in [5, 5.41) is 0. The number of methoxy groups -OCH3 is 1. The molecule has 3 rings (SSSR count). The summed E-state index contributed by atoms with van der Waals surface area (Å²) in [4.78, 5) is 23.4. The average Bonchev–Trinajstić information content (AvgIpc) is 3.15. The molecule has 0 amide bonds. The van der Waals surface area contributed by atoms with Crippen molar-refractivity contribution in [3.63, 3.8) is 0 Å². The first-order valence-corrected chi connectivity index (χ1v) is 7.67. The van der Waals surface area contributed by atoms with Crippen molar-refractivity contribution in [2.45, 2.75) is 6.61 Å². The Hall–Kier alpha value is -3.34. The van der Waals surface area contributed by atoms with E-state index in [1.54, 1.807) is 18.2 Å². The van der Waals surface area contributed by atoms with E-state index in [9.17, 15) is 9.59 Å². The van der Waals surface area contributed by atoms with Crippen molar-refractivity contribution in [1.82, 2.24) is 0 Å². The third-order valence-corrected chi connectivity index (χ3v) is 3.62. The van der Waals surface area contributed by atoms with Crippen molar-refractivity contribution in [1.29, 1.82) is 0 Å². The highest BCUT2D eigenvalue weighted by Crippen LogP contribution is 2.20. The Balaban J connectivity index is 1.62. The summed E-state index contributed by atoms with van der Waals surface area (Å²) in [6, 6.07) is 20.1. The fraction of sp³-hybridized carbons (Fsp3) is 0.100.